The van der Waals surface area contributed by atoms with Crippen molar-refractivity contribution >= 4 is 45.6 Å². The second-order valence-electron chi connectivity index (χ2n) is 7.85. The van der Waals surface area contributed by atoms with Gasteiger partial charge in [-0.2, -0.15) is 0 Å². The molecule has 1 amide bonds. The molecule has 4 rings (SSSR count). The third kappa shape index (κ3) is 5.15. The molecule has 1 aliphatic heterocycles. The molecule has 0 radical (unpaired) electrons. The Morgan fingerprint density at radius 2 is 1.55 bits per heavy atom. The summed E-state index contributed by atoms with van der Waals surface area (Å²) >= 11 is 6.91. The van der Waals surface area contributed by atoms with Crippen molar-refractivity contribution in [2.75, 3.05) is 42.1 Å². The summed E-state index contributed by atoms with van der Waals surface area (Å²) in [6.07, 6.45) is 0. The maximum Gasteiger partial charge on any atom is 0.295 e. The van der Waals surface area contributed by atoms with Gasteiger partial charge < -0.3 is 15.1 Å². The molecular weight excluding hydrogens is 454 g/mol. The number of rotatable bonds is 5. The first-order valence-electron chi connectivity index (χ1n) is 10.8. The van der Waals surface area contributed by atoms with Crippen LogP contribution in [0.25, 0.3) is 5.69 Å². The van der Waals surface area contributed by atoms with Gasteiger partial charge in [-0.05, 0) is 31.2 Å². The SMILES string of the molecule is Cc1c(NC(=O)CSC(=S)N2CCN(c3ccccc3)CC2)c(=O)n(-c2ccccc2)n1C. The summed E-state index contributed by atoms with van der Waals surface area (Å²) in [5, 5.41) is 2.80. The number of piperazine rings is 1. The fraction of sp³-hybridized carbons (Fsp3) is 0.292. The van der Waals surface area contributed by atoms with Crippen LogP contribution in [-0.2, 0) is 11.8 Å². The topological polar surface area (TPSA) is 62.5 Å². The van der Waals surface area contributed by atoms with Gasteiger partial charge in [0.05, 0.1) is 17.1 Å². The van der Waals surface area contributed by atoms with Crippen molar-refractivity contribution in [3.05, 3.63) is 76.7 Å². The molecule has 1 aliphatic rings. The highest BCUT2D eigenvalue weighted by molar-refractivity contribution is 8.23. The number of anilines is 2. The Morgan fingerprint density at radius 1 is 0.970 bits per heavy atom. The van der Waals surface area contributed by atoms with E-state index in [1.165, 1.54) is 17.4 Å². The van der Waals surface area contributed by atoms with Gasteiger partial charge in [0.1, 0.15) is 10.0 Å². The number of carbonyl (C=O) groups excluding carboxylic acids is 1. The maximum atomic E-state index is 13.0. The molecule has 1 N–H and O–H groups in total. The van der Waals surface area contributed by atoms with Crippen molar-refractivity contribution in [3.8, 4) is 5.69 Å². The van der Waals surface area contributed by atoms with Crippen LogP contribution < -0.4 is 15.8 Å². The second kappa shape index (κ2) is 10.3. The van der Waals surface area contributed by atoms with Gasteiger partial charge in [-0.25, -0.2) is 4.68 Å². The van der Waals surface area contributed by atoms with Crippen LogP contribution in [0, 0.1) is 6.92 Å². The molecule has 1 fully saturated rings. The number of amides is 1. The molecule has 0 atom stereocenters. The van der Waals surface area contributed by atoms with Gasteiger partial charge in [0.15, 0.2) is 0 Å². The van der Waals surface area contributed by atoms with Crippen molar-refractivity contribution in [2.24, 2.45) is 7.05 Å². The summed E-state index contributed by atoms with van der Waals surface area (Å²) in [5.41, 5.74) is 2.71. The Labute approximate surface area is 203 Å². The summed E-state index contributed by atoms with van der Waals surface area (Å²) in [7, 11) is 1.80. The molecule has 9 heteroatoms. The number of hydrogen-bond acceptors (Lipinski definition) is 5. The van der Waals surface area contributed by atoms with E-state index in [1.54, 1.807) is 16.4 Å². The molecule has 33 heavy (non-hydrogen) atoms. The van der Waals surface area contributed by atoms with Gasteiger partial charge in [-0.1, -0.05) is 60.4 Å². The lowest BCUT2D eigenvalue weighted by Gasteiger charge is -2.37. The van der Waals surface area contributed by atoms with Crippen LogP contribution >= 0.6 is 24.0 Å². The number of thioether (sulfide) groups is 1. The number of benzene rings is 2. The van der Waals surface area contributed by atoms with E-state index in [1.807, 2.05) is 55.5 Å². The number of aromatic nitrogens is 2. The van der Waals surface area contributed by atoms with Crippen LogP contribution in [0.5, 0.6) is 0 Å². The van der Waals surface area contributed by atoms with Gasteiger partial charge >= 0.3 is 0 Å². The van der Waals surface area contributed by atoms with Crippen LogP contribution in [-0.4, -0.2) is 56.4 Å². The molecule has 2 heterocycles. The van der Waals surface area contributed by atoms with Gasteiger partial charge in [-0.15, -0.1) is 0 Å². The van der Waals surface area contributed by atoms with E-state index in [9.17, 15) is 9.59 Å². The van der Waals surface area contributed by atoms with E-state index >= 15 is 0 Å². The van der Waals surface area contributed by atoms with Crippen LogP contribution in [0.2, 0.25) is 0 Å². The Kier molecular flexibility index (Phi) is 7.20. The largest absolute Gasteiger partial charge is 0.368 e. The van der Waals surface area contributed by atoms with Gasteiger partial charge in [-0.3, -0.25) is 14.3 Å². The van der Waals surface area contributed by atoms with Gasteiger partial charge in [0.25, 0.3) is 5.56 Å². The Hall–Kier alpha value is -3.04. The zero-order valence-corrected chi connectivity index (χ0v) is 20.4. The highest BCUT2D eigenvalue weighted by Crippen LogP contribution is 2.19. The molecule has 1 aromatic heterocycles. The Balaban J connectivity index is 1.32. The number of para-hydroxylation sites is 2. The fourth-order valence-corrected chi connectivity index (χ4v) is 4.94. The number of carbonyl (C=O) groups is 1. The standard InChI is InChI=1S/C24H27N5O2S2/c1-18-22(23(31)29(26(18)2)20-11-7-4-8-12-20)25-21(30)17-33-24(32)28-15-13-27(14-16-28)19-9-5-3-6-10-19/h3-12H,13-17H2,1-2H3,(H,25,30). The minimum Gasteiger partial charge on any atom is -0.368 e. The van der Waals surface area contributed by atoms with Crippen molar-refractivity contribution < 1.29 is 4.79 Å². The van der Waals surface area contributed by atoms with E-state index in [2.05, 4.69) is 27.2 Å². The van der Waals surface area contributed by atoms with Crippen LogP contribution in [0.4, 0.5) is 11.4 Å². The zero-order valence-electron chi connectivity index (χ0n) is 18.7. The molecule has 172 valence electrons. The second-order valence-corrected chi connectivity index (χ2v) is 9.46. The first-order chi connectivity index (χ1) is 16.0. The molecule has 1 saturated heterocycles. The lowest BCUT2D eigenvalue weighted by atomic mass is 10.2. The molecule has 0 saturated carbocycles. The Morgan fingerprint density at radius 3 is 2.15 bits per heavy atom. The highest BCUT2D eigenvalue weighted by Gasteiger charge is 2.21. The van der Waals surface area contributed by atoms with Crippen molar-refractivity contribution in [1.29, 1.82) is 0 Å². The predicted octanol–water partition coefficient (Wildman–Crippen LogP) is 3.26. The molecule has 0 aliphatic carbocycles. The van der Waals surface area contributed by atoms with E-state index in [0.29, 0.717) is 15.7 Å². The smallest absolute Gasteiger partial charge is 0.295 e. The van der Waals surface area contributed by atoms with Crippen LogP contribution in [0.1, 0.15) is 5.69 Å². The van der Waals surface area contributed by atoms with Crippen molar-refractivity contribution in [1.82, 2.24) is 14.3 Å². The number of thiocarbonyl (C=S) groups is 1. The summed E-state index contributed by atoms with van der Waals surface area (Å²) < 4.78 is 4.01. The molecule has 2 aromatic carbocycles. The third-order valence-electron chi connectivity index (χ3n) is 5.80. The van der Waals surface area contributed by atoms with Crippen molar-refractivity contribution in [3.63, 3.8) is 0 Å². The number of nitrogens with one attached hydrogen (secondary N) is 1. The first kappa shape index (κ1) is 23.1. The summed E-state index contributed by atoms with van der Waals surface area (Å²) in [5.74, 6) is -0.0760. The lowest BCUT2D eigenvalue weighted by molar-refractivity contribution is -0.113. The fourth-order valence-electron chi connectivity index (χ4n) is 3.89. The molecule has 3 aromatic rings. The average molecular weight is 482 g/mol. The third-order valence-corrected chi connectivity index (χ3v) is 7.33. The molecular formula is C24H27N5O2S2. The van der Waals surface area contributed by atoms with Crippen molar-refractivity contribution in [2.45, 2.75) is 6.92 Å². The van der Waals surface area contributed by atoms with E-state index < -0.39 is 0 Å². The number of hydrogen-bond donors (Lipinski definition) is 1. The molecule has 0 spiro atoms. The Bertz CT molecular complexity index is 1180. The highest BCUT2D eigenvalue weighted by atomic mass is 32.2. The monoisotopic (exact) mass is 481 g/mol. The van der Waals surface area contributed by atoms with E-state index in [4.69, 9.17) is 12.2 Å². The van der Waals surface area contributed by atoms with Crippen LogP contribution in [0.15, 0.2) is 65.5 Å². The zero-order chi connectivity index (χ0) is 23.4. The summed E-state index contributed by atoms with van der Waals surface area (Å²) in [6.45, 7) is 5.24. The molecule has 0 bridgehead atoms. The number of nitrogens with zero attached hydrogens (tertiary/aromatic N) is 4. The van der Waals surface area contributed by atoms with E-state index in [0.717, 1.165) is 31.9 Å². The average Bonchev–Trinajstić information content (AvgIpc) is 3.06. The normalized spacial score (nSPS) is 13.8. The summed E-state index contributed by atoms with van der Waals surface area (Å²) in [6, 6.07) is 19.7. The lowest BCUT2D eigenvalue weighted by Crippen LogP contribution is -2.47. The minimum absolute atomic E-state index is 0.164. The molecule has 0 unspecified atom stereocenters. The quantitative estimate of drug-likeness (QED) is 0.565. The van der Waals surface area contributed by atoms with Gasteiger partial charge in [0.2, 0.25) is 5.91 Å². The minimum atomic E-state index is -0.251. The molecule has 7 nitrogen and oxygen atoms in total. The van der Waals surface area contributed by atoms with Crippen LogP contribution in [0.3, 0.4) is 0 Å². The first-order valence-corrected chi connectivity index (χ1v) is 12.2. The van der Waals surface area contributed by atoms with E-state index in [-0.39, 0.29) is 17.2 Å². The maximum absolute atomic E-state index is 13.0. The van der Waals surface area contributed by atoms with Gasteiger partial charge in [0, 0.05) is 38.9 Å². The predicted molar refractivity (Wildman–Crippen MR) is 140 cm³/mol. The summed E-state index contributed by atoms with van der Waals surface area (Å²) in [4.78, 5) is 30.1.